The van der Waals surface area contributed by atoms with Crippen molar-refractivity contribution in [3.8, 4) is 11.4 Å². The van der Waals surface area contributed by atoms with Crippen LogP contribution in [0.15, 0.2) is 24.4 Å². The zero-order valence-corrected chi connectivity index (χ0v) is 9.25. The monoisotopic (exact) mass is 236 g/mol. The average molecular weight is 237 g/mol. The van der Waals surface area contributed by atoms with Gasteiger partial charge in [-0.05, 0) is 12.1 Å². The van der Waals surface area contributed by atoms with Crippen molar-refractivity contribution in [3.63, 3.8) is 0 Å². The zero-order chi connectivity index (χ0) is 11.5. The number of hydrogen-bond acceptors (Lipinski definition) is 3. The van der Waals surface area contributed by atoms with Gasteiger partial charge in [-0.3, -0.25) is 10.1 Å². The normalized spacial score (nSPS) is 10.1. The Bertz CT molecular complexity index is 523. The first-order chi connectivity index (χ1) is 7.65. The first-order valence-corrected chi connectivity index (χ1v) is 4.98. The van der Waals surface area contributed by atoms with Crippen LogP contribution in [0.2, 0.25) is 5.15 Å². The summed E-state index contributed by atoms with van der Waals surface area (Å²) < 4.78 is 0. The lowest BCUT2D eigenvalue weighted by molar-refractivity contribution is -0.114. The fraction of sp³-hybridized carbons (Fsp3) is 0.100. The largest absolute Gasteiger partial charge is 0.323 e. The molecular formula is C10H9ClN4O. The predicted octanol–water partition coefficient (Wildman–Crippen LogP) is 2.08. The van der Waals surface area contributed by atoms with Crippen molar-refractivity contribution >= 4 is 23.5 Å². The summed E-state index contributed by atoms with van der Waals surface area (Å²) in [6.07, 6.45) is 1.59. The molecule has 0 bridgehead atoms. The van der Waals surface area contributed by atoms with Crippen LogP contribution < -0.4 is 5.32 Å². The van der Waals surface area contributed by atoms with Crippen LogP contribution in [0.4, 0.5) is 5.95 Å². The summed E-state index contributed by atoms with van der Waals surface area (Å²) in [5.74, 6) is 0.212. The quantitative estimate of drug-likeness (QED) is 0.785. The molecule has 0 aliphatic rings. The number of nitrogens with zero attached hydrogens (tertiary/aromatic N) is 2. The van der Waals surface area contributed by atoms with Gasteiger partial charge in [0.25, 0.3) is 0 Å². The molecule has 0 fully saturated rings. The number of anilines is 1. The Balaban J connectivity index is 2.28. The fourth-order valence-corrected chi connectivity index (χ4v) is 1.40. The molecule has 82 valence electrons. The number of amides is 1. The number of H-pyrrole nitrogens is 1. The molecule has 5 nitrogen and oxygen atoms in total. The SMILES string of the molecule is CC(=O)Nc1ncc(-c2cccc(Cl)n2)[nH]1. The first kappa shape index (κ1) is 10.6. The number of imidazole rings is 1. The molecule has 0 unspecified atom stereocenters. The van der Waals surface area contributed by atoms with Gasteiger partial charge in [-0.25, -0.2) is 9.97 Å². The lowest BCUT2D eigenvalue weighted by atomic mass is 10.3. The Kier molecular flexibility index (Phi) is 2.87. The molecule has 0 saturated carbocycles. The number of hydrogen-bond donors (Lipinski definition) is 2. The predicted molar refractivity (Wildman–Crippen MR) is 61.1 cm³/mol. The molecular weight excluding hydrogens is 228 g/mol. The molecule has 2 rings (SSSR count). The van der Waals surface area contributed by atoms with Crippen molar-refractivity contribution in [1.29, 1.82) is 0 Å². The van der Waals surface area contributed by atoms with Crippen LogP contribution in [0.1, 0.15) is 6.92 Å². The molecule has 0 radical (unpaired) electrons. The number of nitrogens with one attached hydrogen (secondary N) is 2. The summed E-state index contributed by atoms with van der Waals surface area (Å²) in [4.78, 5) is 21.8. The maximum absolute atomic E-state index is 10.8. The van der Waals surface area contributed by atoms with E-state index in [9.17, 15) is 4.79 Å². The molecule has 0 atom stereocenters. The van der Waals surface area contributed by atoms with E-state index in [1.807, 2.05) is 0 Å². The van der Waals surface area contributed by atoms with Gasteiger partial charge in [-0.1, -0.05) is 17.7 Å². The lowest BCUT2D eigenvalue weighted by Crippen LogP contribution is -2.06. The van der Waals surface area contributed by atoms with E-state index in [0.717, 1.165) is 0 Å². The lowest BCUT2D eigenvalue weighted by Gasteiger charge is -1.97. The first-order valence-electron chi connectivity index (χ1n) is 4.60. The van der Waals surface area contributed by atoms with Crippen molar-refractivity contribution < 1.29 is 4.79 Å². The molecule has 16 heavy (non-hydrogen) atoms. The van der Waals surface area contributed by atoms with E-state index < -0.39 is 0 Å². The Morgan fingerprint density at radius 3 is 3.00 bits per heavy atom. The number of rotatable bonds is 2. The third-order valence-electron chi connectivity index (χ3n) is 1.86. The van der Waals surface area contributed by atoms with E-state index in [-0.39, 0.29) is 5.91 Å². The highest BCUT2D eigenvalue weighted by Gasteiger charge is 2.05. The van der Waals surface area contributed by atoms with Crippen molar-refractivity contribution in [2.75, 3.05) is 5.32 Å². The number of carbonyl (C=O) groups is 1. The molecule has 2 aromatic rings. The molecule has 6 heteroatoms. The number of halogens is 1. The van der Waals surface area contributed by atoms with Gasteiger partial charge >= 0.3 is 0 Å². The number of aromatic amines is 1. The van der Waals surface area contributed by atoms with Gasteiger partial charge in [0.1, 0.15) is 5.15 Å². The summed E-state index contributed by atoms with van der Waals surface area (Å²) in [6, 6.07) is 5.29. The fourth-order valence-electron chi connectivity index (χ4n) is 1.24. The van der Waals surface area contributed by atoms with Gasteiger partial charge in [0.15, 0.2) is 0 Å². The van der Waals surface area contributed by atoms with Crippen molar-refractivity contribution in [2.24, 2.45) is 0 Å². The average Bonchev–Trinajstić information content (AvgIpc) is 2.65. The minimum atomic E-state index is -0.181. The summed E-state index contributed by atoms with van der Waals surface area (Å²) in [5, 5.41) is 2.95. The summed E-state index contributed by atoms with van der Waals surface area (Å²) in [5.41, 5.74) is 1.38. The van der Waals surface area contributed by atoms with E-state index in [0.29, 0.717) is 22.5 Å². The Hall–Kier alpha value is -1.88. The topological polar surface area (TPSA) is 70.7 Å². The molecule has 2 heterocycles. The number of carbonyl (C=O) groups excluding carboxylic acids is 1. The maximum Gasteiger partial charge on any atom is 0.223 e. The van der Waals surface area contributed by atoms with E-state index >= 15 is 0 Å². The second kappa shape index (κ2) is 4.32. The highest BCUT2D eigenvalue weighted by atomic mass is 35.5. The smallest absolute Gasteiger partial charge is 0.223 e. The molecule has 0 saturated heterocycles. The highest BCUT2D eigenvalue weighted by molar-refractivity contribution is 6.29. The van der Waals surface area contributed by atoms with E-state index in [4.69, 9.17) is 11.6 Å². The van der Waals surface area contributed by atoms with Crippen LogP contribution in [0.25, 0.3) is 11.4 Å². The number of aromatic nitrogens is 3. The van der Waals surface area contributed by atoms with Gasteiger partial charge in [0.2, 0.25) is 11.9 Å². The molecule has 1 amide bonds. The van der Waals surface area contributed by atoms with Gasteiger partial charge in [0, 0.05) is 6.92 Å². The van der Waals surface area contributed by atoms with Crippen LogP contribution in [0, 0.1) is 0 Å². The Morgan fingerprint density at radius 2 is 2.31 bits per heavy atom. The van der Waals surface area contributed by atoms with Crippen molar-refractivity contribution in [2.45, 2.75) is 6.92 Å². The zero-order valence-electron chi connectivity index (χ0n) is 8.49. The second-order valence-electron chi connectivity index (χ2n) is 3.17. The summed E-state index contributed by atoms with van der Waals surface area (Å²) in [7, 11) is 0. The van der Waals surface area contributed by atoms with Gasteiger partial charge in [-0.2, -0.15) is 0 Å². The summed E-state index contributed by atoms with van der Waals surface area (Å²) >= 11 is 5.77. The van der Waals surface area contributed by atoms with Crippen LogP contribution in [0.3, 0.4) is 0 Å². The minimum Gasteiger partial charge on any atom is -0.323 e. The third kappa shape index (κ3) is 2.38. The number of pyridine rings is 1. The summed E-state index contributed by atoms with van der Waals surface area (Å²) in [6.45, 7) is 1.42. The molecule has 0 aromatic carbocycles. The molecule has 0 aliphatic carbocycles. The standard InChI is InChI=1S/C10H9ClN4O/c1-6(16)13-10-12-5-8(15-10)7-3-2-4-9(11)14-7/h2-5H,1H3,(H2,12,13,15,16). The minimum absolute atomic E-state index is 0.181. The third-order valence-corrected chi connectivity index (χ3v) is 2.07. The van der Waals surface area contributed by atoms with Crippen LogP contribution in [-0.2, 0) is 4.79 Å². The molecule has 2 aromatic heterocycles. The van der Waals surface area contributed by atoms with Crippen molar-refractivity contribution in [1.82, 2.24) is 15.0 Å². The van der Waals surface area contributed by atoms with E-state index in [1.165, 1.54) is 6.92 Å². The Labute approximate surface area is 96.9 Å². The maximum atomic E-state index is 10.8. The van der Waals surface area contributed by atoms with Crippen LogP contribution in [-0.4, -0.2) is 20.9 Å². The highest BCUT2D eigenvalue weighted by Crippen LogP contribution is 2.17. The van der Waals surface area contributed by atoms with E-state index in [1.54, 1.807) is 24.4 Å². The molecule has 0 spiro atoms. The Morgan fingerprint density at radius 1 is 1.50 bits per heavy atom. The van der Waals surface area contributed by atoms with Gasteiger partial charge < -0.3 is 4.98 Å². The van der Waals surface area contributed by atoms with E-state index in [2.05, 4.69) is 20.3 Å². The van der Waals surface area contributed by atoms with Gasteiger partial charge in [0.05, 0.1) is 17.6 Å². The van der Waals surface area contributed by atoms with Crippen molar-refractivity contribution in [3.05, 3.63) is 29.5 Å². The second-order valence-corrected chi connectivity index (χ2v) is 3.56. The van der Waals surface area contributed by atoms with Crippen LogP contribution >= 0.6 is 11.6 Å². The van der Waals surface area contributed by atoms with Crippen LogP contribution in [0.5, 0.6) is 0 Å². The molecule has 2 N–H and O–H groups in total. The van der Waals surface area contributed by atoms with Gasteiger partial charge in [-0.15, -0.1) is 0 Å². The molecule has 0 aliphatic heterocycles.